The number of hydrogen-bond acceptors (Lipinski definition) is 8. The van der Waals surface area contributed by atoms with E-state index in [1.165, 1.54) is 11.1 Å². The van der Waals surface area contributed by atoms with Crippen LogP contribution in [-0.2, 0) is 13.1 Å². The summed E-state index contributed by atoms with van der Waals surface area (Å²) in [5.41, 5.74) is 17.0. The second-order valence-electron chi connectivity index (χ2n) is 16.9. The molecule has 0 saturated heterocycles. The van der Waals surface area contributed by atoms with Gasteiger partial charge in [-0.25, -0.2) is 0 Å². The topological polar surface area (TPSA) is 96.9 Å². The lowest BCUT2D eigenvalue weighted by Crippen LogP contribution is -2.03. The minimum Gasteiger partial charge on any atom is -0.381 e. The van der Waals surface area contributed by atoms with Crippen molar-refractivity contribution in [3.05, 3.63) is 289 Å². The van der Waals surface area contributed by atoms with Gasteiger partial charge in [-0.15, -0.1) is 0 Å². The minimum atomic E-state index is 0.777. The van der Waals surface area contributed by atoms with Crippen molar-refractivity contribution in [3.8, 4) is 0 Å². The Hall–Kier alpha value is -9.66. The van der Waals surface area contributed by atoms with E-state index in [4.69, 9.17) is 0 Å². The highest BCUT2D eigenvalue weighted by atomic mass is 14.9. The van der Waals surface area contributed by atoms with Crippen LogP contribution < -0.4 is 31.9 Å². The van der Waals surface area contributed by atoms with Gasteiger partial charge in [0.15, 0.2) is 0 Å². The summed E-state index contributed by atoms with van der Waals surface area (Å²) in [4.78, 5) is 9.25. The molecule has 10 rings (SSSR count). The minimum absolute atomic E-state index is 0.777. The van der Waals surface area contributed by atoms with Crippen molar-refractivity contribution in [2.75, 3.05) is 31.9 Å². The van der Waals surface area contributed by atoms with Crippen LogP contribution in [0, 0.1) is 0 Å². The first-order valence-corrected chi connectivity index (χ1v) is 24.0. The van der Waals surface area contributed by atoms with Crippen LogP contribution >= 0.6 is 0 Å². The van der Waals surface area contributed by atoms with E-state index in [0.29, 0.717) is 0 Å². The molecule has 0 radical (unpaired) electrons. The standard InChI is InChI=1S/C32H30N4.C32H26N4/c2*1-3-10-29(11-4-1)35-31-18-14-27(15-19-31)33-23-25-8-7-9-26(22-25)24-34-28-16-20-32(21-17-28)36-30-12-5-2-6-13-30/h1-22,33-36H,23-24H2;1-24,35-36H. The maximum absolute atomic E-state index is 4.62. The number of nitrogens with zero attached hydrogens (tertiary/aromatic N) is 2. The Labute approximate surface area is 423 Å². The van der Waals surface area contributed by atoms with E-state index in [1.54, 1.807) is 0 Å². The Kier molecular flexibility index (Phi) is 16.5. The summed E-state index contributed by atoms with van der Waals surface area (Å²) >= 11 is 0. The van der Waals surface area contributed by atoms with Crippen molar-refractivity contribution in [1.82, 2.24) is 0 Å². The van der Waals surface area contributed by atoms with Gasteiger partial charge < -0.3 is 31.9 Å². The molecule has 0 bridgehead atoms. The molecule has 0 aromatic heterocycles. The van der Waals surface area contributed by atoms with Crippen molar-refractivity contribution in [2.24, 2.45) is 9.98 Å². The fourth-order valence-electron chi connectivity index (χ4n) is 7.63. The average Bonchev–Trinajstić information content (AvgIpc) is 3.44. The molecule has 0 amide bonds. The highest BCUT2D eigenvalue weighted by Crippen LogP contribution is 2.24. The molecule has 0 aliphatic rings. The number of aliphatic imine (C=N–C) groups is 2. The second-order valence-corrected chi connectivity index (χ2v) is 16.9. The molecule has 352 valence electrons. The molecule has 0 aliphatic carbocycles. The molecule has 0 heterocycles. The first-order valence-electron chi connectivity index (χ1n) is 24.0. The van der Waals surface area contributed by atoms with Crippen molar-refractivity contribution >= 4 is 80.7 Å². The van der Waals surface area contributed by atoms with Crippen LogP contribution in [0.15, 0.2) is 277 Å². The average molecular weight is 937 g/mol. The Bertz CT molecular complexity index is 3020. The Morgan fingerprint density at radius 3 is 0.861 bits per heavy atom. The summed E-state index contributed by atoms with van der Waals surface area (Å²) in [6, 6.07) is 90.4. The molecule has 0 aliphatic heterocycles. The highest BCUT2D eigenvalue weighted by Gasteiger charge is 2.02. The van der Waals surface area contributed by atoms with Gasteiger partial charge in [-0.3, -0.25) is 9.98 Å². The molecule has 8 heteroatoms. The number of hydrogen-bond donors (Lipinski definition) is 6. The molecule has 0 atom stereocenters. The summed E-state index contributed by atoms with van der Waals surface area (Å²) in [6.07, 6.45) is 3.75. The summed E-state index contributed by atoms with van der Waals surface area (Å²) in [6.45, 7) is 1.55. The predicted octanol–water partition coefficient (Wildman–Crippen LogP) is 17.1. The number of rotatable bonds is 18. The van der Waals surface area contributed by atoms with Crippen molar-refractivity contribution < 1.29 is 0 Å². The number of nitrogens with one attached hydrogen (secondary N) is 6. The van der Waals surface area contributed by atoms with Crippen LogP contribution in [0.1, 0.15) is 22.3 Å². The first kappa shape index (κ1) is 47.4. The van der Waals surface area contributed by atoms with E-state index in [9.17, 15) is 0 Å². The van der Waals surface area contributed by atoms with Crippen molar-refractivity contribution in [2.45, 2.75) is 13.1 Å². The van der Waals surface area contributed by atoms with Gasteiger partial charge in [0.05, 0.1) is 11.4 Å². The van der Waals surface area contributed by atoms with Crippen LogP contribution in [0.25, 0.3) is 0 Å². The smallest absolute Gasteiger partial charge is 0.0631 e. The van der Waals surface area contributed by atoms with Crippen LogP contribution in [0.2, 0.25) is 0 Å². The van der Waals surface area contributed by atoms with E-state index < -0.39 is 0 Å². The fourth-order valence-corrected chi connectivity index (χ4v) is 7.63. The third-order valence-electron chi connectivity index (χ3n) is 11.4. The summed E-state index contributed by atoms with van der Waals surface area (Å²) in [5.74, 6) is 0. The number of anilines is 10. The molecule has 10 aromatic carbocycles. The van der Waals surface area contributed by atoms with Crippen molar-refractivity contribution in [3.63, 3.8) is 0 Å². The van der Waals surface area contributed by atoms with E-state index in [2.05, 4.69) is 145 Å². The predicted molar refractivity (Wildman–Crippen MR) is 307 cm³/mol. The molecule has 0 saturated carbocycles. The normalized spacial score (nSPS) is 10.8. The van der Waals surface area contributed by atoms with E-state index in [0.717, 1.165) is 92.5 Å². The zero-order valence-corrected chi connectivity index (χ0v) is 39.9. The SMILES string of the molecule is C(=Nc1ccc(Nc2ccccc2)cc1)c1cccc(C=Nc2ccc(Nc3ccccc3)cc2)c1.c1ccc(Nc2ccc(NCc3cccc(CNc4ccc(Nc5ccccc5)cc4)c3)cc2)cc1. The second kappa shape index (κ2) is 25.1. The van der Waals surface area contributed by atoms with Gasteiger partial charge in [-0.05, 0) is 174 Å². The molecule has 10 aromatic rings. The van der Waals surface area contributed by atoms with E-state index in [1.807, 2.05) is 176 Å². The van der Waals surface area contributed by atoms with Crippen LogP contribution in [0.4, 0.5) is 68.2 Å². The van der Waals surface area contributed by atoms with Crippen molar-refractivity contribution in [1.29, 1.82) is 0 Å². The monoisotopic (exact) mass is 936 g/mol. The molecule has 72 heavy (non-hydrogen) atoms. The largest absolute Gasteiger partial charge is 0.381 e. The first-order chi connectivity index (χ1) is 35.6. The van der Waals surface area contributed by atoms with E-state index in [-0.39, 0.29) is 0 Å². The maximum Gasteiger partial charge on any atom is 0.0631 e. The zero-order chi connectivity index (χ0) is 48.8. The summed E-state index contributed by atoms with van der Waals surface area (Å²) in [5, 5.41) is 20.6. The van der Waals surface area contributed by atoms with Gasteiger partial charge in [-0.1, -0.05) is 115 Å². The molecule has 8 nitrogen and oxygen atoms in total. The van der Waals surface area contributed by atoms with Crippen LogP contribution in [-0.4, -0.2) is 12.4 Å². The lowest BCUT2D eigenvalue weighted by atomic mass is 10.1. The quantitative estimate of drug-likeness (QED) is 0.0480. The lowest BCUT2D eigenvalue weighted by Gasteiger charge is -2.12. The Morgan fingerprint density at radius 1 is 0.250 bits per heavy atom. The molecule has 0 fully saturated rings. The molecule has 0 spiro atoms. The lowest BCUT2D eigenvalue weighted by molar-refractivity contribution is 1.10. The van der Waals surface area contributed by atoms with Gasteiger partial charge >= 0.3 is 0 Å². The fraction of sp³-hybridized carbons (Fsp3) is 0.0312. The van der Waals surface area contributed by atoms with Crippen LogP contribution in [0.3, 0.4) is 0 Å². The highest BCUT2D eigenvalue weighted by molar-refractivity contribution is 5.88. The van der Waals surface area contributed by atoms with Crippen LogP contribution in [0.5, 0.6) is 0 Å². The summed E-state index contributed by atoms with van der Waals surface area (Å²) in [7, 11) is 0. The van der Waals surface area contributed by atoms with E-state index >= 15 is 0 Å². The van der Waals surface area contributed by atoms with Gasteiger partial charge in [0.2, 0.25) is 0 Å². The third kappa shape index (κ3) is 15.2. The molecule has 6 N–H and O–H groups in total. The Balaban J connectivity index is 0.000000178. The van der Waals surface area contributed by atoms with Gasteiger partial charge in [0.25, 0.3) is 0 Å². The molecule has 0 unspecified atom stereocenters. The summed E-state index contributed by atoms with van der Waals surface area (Å²) < 4.78 is 0. The van der Waals surface area contributed by atoms with Gasteiger partial charge in [-0.2, -0.15) is 0 Å². The maximum atomic E-state index is 4.62. The molecular weight excluding hydrogens is 881 g/mol. The number of benzene rings is 10. The number of para-hydroxylation sites is 4. The molecular formula is C64H56N8. The van der Waals surface area contributed by atoms with Gasteiger partial charge in [0.1, 0.15) is 0 Å². The van der Waals surface area contributed by atoms with Gasteiger partial charge in [0, 0.05) is 82.4 Å². The Morgan fingerprint density at radius 2 is 0.528 bits per heavy atom. The zero-order valence-electron chi connectivity index (χ0n) is 39.9. The third-order valence-corrected chi connectivity index (χ3v) is 11.4.